The summed E-state index contributed by atoms with van der Waals surface area (Å²) < 4.78 is 66.1. The van der Waals surface area contributed by atoms with Crippen LogP contribution in [0.2, 0.25) is 5.15 Å². The van der Waals surface area contributed by atoms with Crippen LogP contribution < -0.4 is 5.32 Å². The van der Waals surface area contributed by atoms with Gasteiger partial charge in [-0.05, 0) is 30.7 Å². The summed E-state index contributed by atoms with van der Waals surface area (Å²) in [5.41, 5.74) is -0.596. The predicted octanol–water partition coefficient (Wildman–Crippen LogP) is 3.19. The molecule has 0 aliphatic heterocycles. The molecule has 0 bridgehead atoms. The molecule has 146 valence electrons. The molecule has 2 rings (SSSR count). The van der Waals surface area contributed by atoms with Gasteiger partial charge in [-0.1, -0.05) is 18.5 Å². The fourth-order valence-corrected chi connectivity index (χ4v) is 3.72. The number of hydrogen-bond donors (Lipinski definition) is 1. The number of rotatable bonds is 7. The minimum absolute atomic E-state index is 0.00135. The van der Waals surface area contributed by atoms with E-state index in [4.69, 9.17) is 11.6 Å². The fraction of sp³-hybridized carbons (Fsp3) is 0.250. The van der Waals surface area contributed by atoms with Crippen LogP contribution in [-0.2, 0) is 14.8 Å². The van der Waals surface area contributed by atoms with E-state index in [2.05, 4.69) is 4.98 Å². The Kier molecular flexibility index (Phi) is 6.79. The van der Waals surface area contributed by atoms with Gasteiger partial charge in [0.1, 0.15) is 10.0 Å². The van der Waals surface area contributed by atoms with Crippen molar-refractivity contribution in [3.8, 4) is 0 Å². The molecule has 0 aliphatic rings. The Balaban J connectivity index is 2.21. The molecule has 0 saturated heterocycles. The Morgan fingerprint density at radius 2 is 1.89 bits per heavy atom. The van der Waals surface area contributed by atoms with Crippen molar-refractivity contribution in [1.29, 1.82) is 0 Å². The van der Waals surface area contributed by atoms with Crippen LogP contribution >= 0.6 is 11.6 Å². The zero-order valence-corrected chi connectivity index (χ0v) is 15.6. The van der Waals surface area contributed by atoms with Gasteiger partial charge in [-0.15, -0.1) is 0 Å². The van der Waals surface area contributed by atoms with Gasteiger partial charge in [0.05, 0.1) is 12.2 Å². The molecule has 0 saturated carbocycles. The maximum absolute atomic E-state index is 13.7. The first-order valence-electron chi connectivity index (χ1n) is 7.72. The van der Waals surface area contributed by atoms with Crippen molar-refractivity contribution in [1.82, 2.24) is 9.29 Å². The molecule has 1 aromatic heterocycles. The van der Waals surface area contributed by atoms with E-state index in [1.807, 2.05) is 5.32 Å². The topological polar surface area (TPSA) is 79.4 Å². The quantitative estimate of drug-likeness (QED) is 0.550. The van der Waals surface area contributed by atoms with Crippen LogP contribution in [0.15, 0.2) is 35.4 Å². The van der Waals surface area contributed by atoms with Gasteiger partial charge in [0.2, 0.25) is 15.9 Å². The smallest absolute Gasteiger partial charge is 0.245 e. The van der Waals surface area contributed by atoms with Crippen molar-refractivity contribution in [3.05, 3.63) is 53.1 Å². The maximum atomic E-state index is 13.7. The van der Waals surface area contributed by atoms with Crippen molar-refractivity contribution < 1.29 is 26.4 Å². The Morgan fingerprint density at radius 3 is 2.48 bits per heavy atom. The molecule has 11 heteroatoms. The van der Waals surface area contributed by atoms with Crippen molar-refractivity contribution in [3.63, 3.8) is 0 Å². The first kappa shape index (κ1) is 21.1. The molecule has 0 unspecified atom stereocenters. The van der Waals surface area contributed by atoms with Crippen LogP contribution in [0.1, 0.15) is 13.3 Å². The van der Waals surface area contributed by atoms with Crippen LogP contribution in [0, 0.1) is 17.5 Å². The van der Waals surface area contributed by atoms with E-state index >= 15 is 0 Å². The highest BCUT2D eigenvalue weighted by molar-refractivity contribution is 7.89. The SMILES string of the molecule is CCCN(CC(=O)Nc1ccc(F)c(F)c1F)S(=O)(=O)c1ccc(Cl)nc1. The summed E-state index contributed by atoms with van der Waals surface area (Å²) in [6, 6.07) is 4.01. The van der Waals surface area contributed by atoms with Gasteiger partial charge in [0.15, 0.2) is 17.5 Å². The number of aromatic nitrogens is 1. The number of nitrogens with one attached hydrogen (secondary N) is 1. The Morgan fingerprint density at radius 1 is 1.19 bits per heavy atom. The fourth-order valence-electron chi connectivity index (χ4n) is 2.17. The number of carbonyl (C=O) groups excluding carboxylic acids is 1. The summed E-state index contributed by atoms with van der Waals surface area (Å²) in [6.07, 6.45) is 1.44. The number of anilines is 1. The first-order chi connectivity index (χ1) is 12.7. The third kappa shape index (κ3) is 4.96. The van der Waals surface area contributed by atoms with Gasteiger partial charge in [-0.3, -0.25) is 4.79 Å². The lowest BCUT2D eigenvalue weighted by molar-refractivity contribution is -0.116. The summed E-state index contributed by atoms with van der Waals surface area (Å²) in [5.74, 6) is -5.64. The Bertz CT molecular complexity index is 940. The lowest BCUT2D eigenvalue weighted by atomic mass is 10.2. The van der Waals surface area contributed by atoms with E-state index in [0.29, 0.717) is 12.5 Å². The number of amides is 1. The molecule has 1 heterocycles. The molecule has 2 aromatic rings. The molecule has 0 fully saturated rings. The third-order valence-corrected chi connectivity index (χ3v) is 5.49. The number of nitrogens with zero attached hydrogens (tertiary/aromatic N) is 2. The molecule has 27 heavy (non-hydrogen) atoms. The molecule has 1 amide bonds. The van der Waals surface area contributed by atoms with Gasteiger partial charge in [0.25, 0.3) is 0 Å². The monoisotopic (exact) mass is 421 g/mol. The zero-order valence-electron chi connectivity index (χ0n) is 14.0. The Hall–Kier alpha value is -2.17. The van der Waals surface area contributed by atoms with E-state index in [9.17, 15) is 26.4 Å². The van der Waals surface area contributed by atoms with Crippen LogP contribution in [0.25, 0.3) is 0 Å². The third-order valence-electron chi connectivity index (χ3n) is 3.44. The summed E-state index contributed by atoms with van der Waals surface area (Å²) in [7, 11) is -4.07. The van der Waals surface area contributed by atoms with E-state index in [0.717, 1.165) is 16.6 Å². The van der Waals surface area contributed by atoms with E-state index < -0.39 is 45.6 Å². The molecule has 0 atom stereocenters. The highest BCUT2D eigenvalue weighted by atomic mass is 35.5. The minimum atomic E-state index is -4.07. The molecular formula is C16H15ClF3N3O3S. The van der Waals surface area contributed by atoms with Gasteiger partial charge < -0.3 is 5.32 Å². The van der Waals surface area contributed by atoms with Crippen molar-refractivity contribution in [2.24, 2.45) is 0 Å². The molecule has 0 radical (unpaired) electrons. The normalized spacial score (nSPS) is 11.6. The number of halogens is 4. The zero-order chi connectivity index (χ0) is 20.2. The summed E-state index contributed by atoms with van der Waals surface area (Å²) in [5, 5.41) is 2.14. The van der Waals surface area contributed by atoms with Gasteiger partial charge >= 0.3 is 0 Å². The average molecular weight is 422 g/mol. The maximum Gasteiger partial charge on any atom is 0.245 e. The number of carbonyl (C=O) groups is 1. The van der Waals surface area contributed by atoms with Crippen LogP contribution in [-0.4, -0.2) is 36.7 Å². The second-order valence-electron chi connectivity index (χ2n) is 5.43. The van der Waals surface area contributed by atoms with E-state index in [1.165, 1.54) is 12.1 Å². The lowest BCUT2D eigenvalue weighted by Crippen LogP contribution is -2.38. The van der Waals surface area contributed by atoms with Crippen LogP contribution in [0.5, 0.6) is 0 Å². The minimum Gasteiger partial charge on any atom is -0.322 e. The summed E-state index contributed by atoms with van der Waals surface area (Å²) in [6.45, 7) is 1.05. The average Bonchev–Trinajstić information content (AvgIpc) is 2.62. The highest BCUT2D eigenvalue weighted by Gasteiger charge is 2.27. The largest absolute Gasteiger partial charge is 0.322 e. The molecular weight excluding hydrogens is 407 g/mol. The van der Waals surface area contributed by atoms with E-state index in [1.54, 1.807) is 6.92 Å². The first-order valence-corrected chi connectivity index (χ1v) is 9.53. The Labute approximate surface area is 159 Å². The van der Waals surface area contributed by atoms with Crippen molar-refractivity contribution in [2.45, 2.75) is 18.2 Å². The second-order valence-corrected chi connectivity index (χ2v) is 7.75. The van der Waals surface area contributed by atoms with Gasteiger partial charge in [-0.25, -0.2) is 26.6 Å². The number of sulfonamides is 1. The second kappa shape index (κ2) is 8.68. The van der Waals surface area contributed by atoms with Crippen molar-refractivity contribution in [2.75, 3.05) is 18.4 Å². The standard InChI is InChI=1S/C16H15ClF3N3O3S/c1-2-7-23(27(25,26)10-3-6-13(17)21-8-10)9-14(24)22-12-5-4-11(18)15(19)16(12)20/h3-6,8H,2,7,9H2,1H3,(H,22,24). The molecule has 6 nitrogen and oxygen atoms in total. The van der Waals surface area contributed by atoms with Gasteiger partial charge in [0, 0.05) is 12.7 Å². The number of hydrogen-bond acceptors (Lipinski definition) is 4. The van der Waals surface area contributed by atoms with Crippen molar-refractivity contribution >= 4 is 33.2 Å². The van der Waals surface area contributed by atoms with Crippen LogP contribution in [0.4, 0.5) is 18.9 Å². The summed E-state index contributed by atoms with van der Waals surface area (Å²) >= 11 is 5.64. The molecule has 0 aliphatic carbocycles. The number of benzene rings is 1. The predicted molar refractivity (Wildman–Crippen MR) is 93.2 cm³/mol. The lowest BCUT2D eigenvalue weighted by Gasteiger charge is -2.21. The molecule has 1 N–H and O–H groups in total. The van der Waals surface area contributed by atoms with Crippen LogP contribution in [0.3, 0.4) is 0 Å². The summed E-state index contributed by atoms with van der Waals surface area (Å²) in [4.78, 5) is 15.7. The highest BCUT2D eigenvalue weighted by Crippen LogP contribution is 2.20. The molecule has 0 spiro atoms. The van der Waals surface area contributed by atoms with E-state index in [-0.39, 0.29) is 16.6 Å². The van der Waals surface area contributed by atoms with Gasteiger partial charge in [-0.2, -0.15) is 4.31 Å². The number of pyridine rings is 1. The molecule has 1 aromatic carbocycles.